The maximum Gasteiger partial charge on any atom is 0.298 e. The topological polar surface area (TPSA) is 102 Å². The van der Waals surface area contributed by atoms with E-state index in [1.165, 1.54) is 41.3 Å². The Morgan fingerprint density at radius 2 is 1.57 bits per heavy atom. The van der Waals surface area contributed by atoms with Crippen LogP contribution < -0.4 is 15.2 Å². The van der Waals surface area contributed by atoms with Crippen molar-refractivity contribution < 1.29 is 26.7 Å². The van der Waals surface area contributed by atoms with Gasteiger partial charge in [-0.25, -0.2) is 8.42 Å². The first-order chi connectivity index (χ1) is 20.0. The molecular formula is C31H34BrF2N3O4S. The fraction of sp³-hybridized carbons (Fsp3) is 0.452. The van der Waals surface area contributed by atoms with E-state index in [0.717, 1.165) is 31.1 Å². The van der Waals surface area contributed by atoms with Gasteiger partial charge in [0.05, 0.1) is 11.0 Å². The molecule has 1 amide bonds. The van der Waals surface area contributed by atoms with E-state index in [0.29, 0.717) is 41.3 Å². The second kappa shape index (κ2) is 11.5. The van der Waals surface area contributed by atoms with E-state index in [9.17, 15) is 13.2 Å². The second-order valence-electron chi connectivity index (χ2n) is 11.7. The van der Waals surface area contributed by atoms with E-state index in [4.69, 9.17) is 10.5 Å². The summed E-state index contributed by atoms with van der Waals surface area (Å²) in [6.07, 6.45) is 6.81. The molecule has 0 radical (unpaired) electrons. The Kier molecular flexibility index (Phi) is 8.06. The number of hydrogen-bond acceptors (Lipinski definition) is 5. The van der Waals surface area contributed by atoms with Gasteiger partial charge in [0.2, 0.25) is 15.9 Å². The van der Waals surface area contributed by atoms with Crippen LogP contribution >= 0.6 is 15.9 Å². The summed E-state index contributed by atoms with van der Waals surface area (Å²) >= 11 is 3.24. The van der Waals surface area contributed by atoms with Crippen LogP contribution in [0.5, 0.6) is 5.75 Å². The lowest BCUT2D eigenvalue weighted by Gasteiger charge is -2.41. The lowest BCUT2D eigenvalue weighted by atomic mass is 9.95. The molecule has 2 saturated heterocycles. The predicted molar refractivity (Wildman–Crippen MR) is 160 cm³/mol. The molecule has 2 bridgehead atoms. The molecule has 3 fully saturated rings. The second-order valence-corrected chi connectivity index (χ2v) is 14.4. The molecule has 3 aliphatic rings. The molecule has 224 valence electrons. The molecular weight excluding hydrogens is 628 g/mol. The van der Waals surface area contributed by atoms with Gasteiger partial charge in [-0.1, -0.05) is 40.2 Å². The van der Waals surface area contributed by atoms with Crippen molar-refractivity contribution in [2.45, 2.75) is 92.5 Å². The average molecular weight is 663 g/mol. The number of alkyl halides is 2. The van der Waals surface area contributed by atoms with Crippen LogP contribution in [0.4, 0.5) is 8.78 Å². The van der Waals surface area contributed by atoms with Crippen molar-refractivity contribution in [1.29, 1.82) is 0 Å². The number of nitrogens with one attached hydrogen (secondary N) is 1. The summed E-state index contributed by atoms with van der Waals surface area (Å²) in [6.45, 7) is 0. The zero-order valence-corrected chi connectivity index (χ0v) is 25.4. The molecule has 3 aromatic carbocycles. The van der Waals surface area contributed by atoms with E-state index in [2.05, 4.69) is 20.7 Å². The van der Waals surface area contributed by atoms with Gasteiger partial charge in [0.25, 0.3) is 5.92 Å². The molecule has 3 atom stereocenters. The first-order valence-corrected chi connectivity index (χ1v) is 16.7. The van der Waals surface area contributed by atoms with E-state index in [1.807, 2.05) is 6.07 Å². The molecule has 3 N–H and O–H groups in total. The minimum Gasteiger partial charge on any atom is -0.490 e. The number of nitrogens with zero attached hydrogens (tertiary/aromatic N) is 1. The largest absolute Gasteiger partial charge is 0.490 e. The monoisotopic (exact) mass is 661 g/mol. The zero-order valence-electron chi connectivity index (χ0n) is 23.0. The van der Waals surface area contributed by atoms with Gasteiger partial charge in [0.15, 0.2) is 6.04 Å². The van der Waals surface area contributed by atoms with E-state index < -0.39 is 33.5 Å². The predicted octanol–water partition coefficient (Wildman–Crippen LogP) is 5.84. The van der Waals surface area contributed by atoms with Crippen molar-refractivity contribution in [1.82, 2.24) is 9.62 Å². The Bertz CT molecular complexity index is 1570. The third-order valence-electron chi connectivity index (χ3n) is 8.83. The summed E-state index contributed by atoms with van der Waals surface area (Å²) < 4.78 is 68.5. The van der Waals surface area contributed by atoms with Crippen LogP contribution in [0.3, 0.4) is 0 Å². The molecule has 11 heteroatoms. The molecule has 0 spiro atoms. The number of ether oxygens (including phenoxy) is 1. The molecule has 2 aliphatic heterocycles. The fourth-order valence-corrected chi connectivity index (χ4v) is 8.20. The number of rotatable bonds is 8. The number of benzene rings is 3. The number of sulfonamides is 1. The minimum absolute atomic E-state index is 0.115. The van der Waals surface area contributed by atoms with Gasteiger partial charge < -0.3 is 15.4 Å². The first kappa shape index (κ1) is 29.5. The SMILES string of the molecule is NC1CC2CCC(C1)N2C(=O)[C@H](NS(=O)(=O)c1ccc2cc(OC3CCCC3)ccc2c1)C(F)(F)c1ccc(Br)cc1. The van der Waals surface area contributed by atoms with Crippen LogP contribution in [-0.2, 0) is 20.7 Å². The Labute approximate surface area is 253 Å². The number of fused-ring (bicyclic) bond motifs is 3. The Morgan fingerprint density at radius 1 is 0.952 bits per heavy atom. The highest BCUT2D eigenvalue weighted by Gasteiger charge is 2.53. The number of carbonyl (C=O) groups is 1. The zero-order chi connectivity index (χ0) is 29.6. The fourth-order valence-electron chi connectivity index (χ4n) is 6.71. The van der Waals surface area contributed by atoms with Crippen molar-refractivity contribution in [3.05, 3.63) is 70.7 Å². The van der Waals surface area contributed by atoms with Crippen LogP contribution in [0.2, 0.25) is 0 Å². The smallest absolute Gasteiger partial charge is 0.298 e. The van der Waals surface area contributed by atoms with Gasteiger partial charge in [-0.2, -0.15) is 13.5 Å². The molecule has 7 nitrogen and oxygen atoms in total. The van der Waals surface area contributed by atoms with Crippen molar-refractivity contribution in [3.8, 4) is 5.75 Å². The molecule has 42 heavy (non-hydrogen) atoms. The number of hydrogen-bond donors (Lipinski definition) is 2. The summed E-state index contributed by atoms with van der Waals surface area (Å²) in [6, 6.07) is 12.1. The molecule has 0 aromatic heterocycles. The molecule has 2 unspecified atom stereocenters. The maximum atomic E-state index is 16.2. The minimum atomic E-state index is -4.53. The van der Waals surface area contributed by atoms with Gasteiger partial charge in [-0.05, 0) is 98.5 Å². The van der Waals surface area contributed by atoms with Crippen LogP contribution in [0.25, 0.3) is 10.8 Å². The van der Waals surface area contributed by atoms with Crippen LogP contribution in [0, 0.1) is 0 Å². The quantitative estimate of drug-likeness (QED) is 0.316. The van der Waals surface area contributed by atoms with E-state index >= 15 is 8.78 Å². The number of amides is 1. The lowest BCUT2D eigenvalue weighted by Crippen LogP contribution is -2.60. The molecule has 2 heterocycles. The lowest BCUT2D eigenvalue weighted by molar-refractivity contribution is -0.149. The molecule has 6 rings (SSSR count). The summed E-state index contributed by atoms with van der Waals surface area (Å²) in [5.74, 6) is -4.05. The van der Waals surface area contributed by atoms with Crippen LogP contribution in [-0.4, -0.2) is 49.5 Å². The van der Waals surface area contributed by atoms with Crippen molar-refractivity contribution in [3.63, 3.8) is 0 Å². The first-order valence-electron chi connectivity index (χ1n) is 14.5. The average Bonchev–Trinajstić information content (AvgIpc) is 3.56. The summed E-state index contributed by atoms with van der Waals surface area (Å²) in [5, 5.41) is 1.38. The van der Waals surface area contributed by atoms with Crippen LogP contribution in [0.15, 0.2) is 70.0 Å². The van der Waals surface area contributed by atoms with Crippen LogP contribution in [0.1, 0.15) is 56.9 Å². The van der Waals surface area contributed by atoms with E-state index in [1.54, 1.807) is 18.2 Å². The summed E-state index contributed by atoms with van der Waals surface area (Å²) in [5.41, 5.74) is 5.69. The van der Waals surface area contributed by atoms with Gasteiger partial charge in [-0.3, -0.25) is 4.79 Å². The summed E-state index contributed by atoms with van der Waals surface area (Å²) in [4.78, 5) is 15.2. The molecule has 1 saturated carbocycles. The standard InChI is InChI=1S/C31H34BrF2N3O4S/c32-22-9-7-21(8-10-22)31(33,34)29(30(38)37-24-11-12-25(37)18-23(35)17-24)36-42(39,40)28-14-6-19-15-27(13-5-20(19)16-28)41-26-3-1-2-4-26/h5-10,13-16,23-26,29,36H,1-4,11-12,17-18,35H2/t23?,24?,25?,29-/m0/s1. The number of carbonyl (C=O) groups excluding carboxylic acids is 1. The Balaban J connectivity index is 1.31. The van der Waals surface area contributed by atoms with Gasteiger partial charge >= 0.3 is 0 Å². The number of halogens is 3. The maximum absolute atomic E-state index is 16.2. The molecule has 1 aliphatic carbocycles. The third kappa shape index (κ3) is 5.80. The Morgan fingerprint density at radius 3 is 2.24 bits per heavy atom. The molecule has 3 aromatic rings. The van der Waals surface area contributed by atoms with Crippen molar-refractivity contribution in [2.24, 2.45) is 5.73 Å². The van der Waals surface area contributed by atoms with Gasteiger partial charge in [0, 0.05) is 28.2 Å². The highest BCUT2D eigenvalue weighted by Crippen LogP contribution is 2.40. The van der Waals surface area contributed by atoms with Crippen molar-refractivity contribution in [2.75, 3.05) is 0 Å². The van der Waals surface area contributed by atoms with E-state index in [-0.39, 0.29) is 29.1 Å². The normalized spacial score (nSPS) is 23.8. The third-order valence-corrected chi connectivity index (χ3v) is 10.8. The highest BCUT2D eigenvalue weighted by atomic mass is 79.9. The number of nitrogens with two attached hydrogens (primary N) is 1. The van der Waals surface area contributed by atoms with Crippen molar-refractivity contribution >= 4 is 42.6 Å². The van der Waals surface area contributed by atoms with Gasteiger partial charge in [0.1, 0.15) is 5.75 Å². The Hall–Kier alpha value is -2.60. The summed E-state index contributed by atoms with van der Waals surface area (Å²) in [7, 11) is -4.53. The van der Waals surface area contributed by atoms with Gasteiger partial charge in [-0.15, -0.1) is 0 Å². The number of piperidine rings is 1. The highest BCUT2D eigenvalue weighted by molar-refractivity contribution is 9.10.